The molecule has 5 nitrogen and oxygen atoms in total. The first-order chi connectivity index (χ1) is 10.5. The van der Waals surface area contributed by atoms with Crippen molar-refractivity contribution in [2.24, 2.45) is 4.58 Å². The summed E-state index contributed by atoms with van der Waals surface area (Å²) < 4.78 is 2.83. The van der Waals surface area contributed by atoms with Crippen LogP contribution in [0.1, 0.15) is 19.4 Å². The SMILES string of the molecule is CC(C)(CN1CCN(c2ccc(CC#N)cc2)CC1)SN=O. The van der Waals surface area contributed by atoms with Gasteiger partial charge in [-0.2, -0.15) is 5.26 Å². The molecule has 1 aromatic carbocycles. The molecule has 0 atom stereocenters. The monoisotopic (exact) mass is 318 g/mol. The molecule has 1 aliphatic rings. The van der Waals surface area contributed by atoms with Crippen LogP contribution in [0.2, 0.25) is 0 Å². The van der Waals surface area contributed by atoms with Crippen molar-refractivity contribution in [3.63, 3.8) is 0 Å². The molecule has 0 aliphatic carbocycles. The van der Waals surface area contributed by atoms with Gasteiger partial charge in [0.1, 0.15) is 0 Å². The van der Waals surface area contributed by atoms with Crippen molar-refractivity contribution in [2.75, 3.05) is 37.6 Å². The predicted octanol–water partition coefficient (Wildman–Crippen LogP) is 3.07. The molecule has 118 valence electrons. The van der Waals surface area contributed by atoms with Crippen LogP contribution < -0.4 is 4.90 Å². The molecule has 0 spiro atoms. The third-order valence-electron chi connectivity index (χ3n) is 3.85. The number of nitroso groups, excluding NO2 is 1. The summed E-state index contributed by atoms with van der Waals surface area (Å²) in [6, 6.07) is 10.4. The fraction of sp³-hybridized carbons (Fsp3) is 0.562. The number of anilines is 1. The summed E-state index contributed by atoms with van der Waals surface area (Å²) in [4.78, 5) is 15.2. The maximum atomic E-state index is 10.4. The van der Waals surface area contributed by atoms with Gasteiger partial charge in [0, 0.05) is 59.7 Å². The Hall–Kier alpha value is -1.58. The Morgan fingerprint density at radius 3 is 2.41 bits per heavy atom. The molecule has 0 N–H and O–H groups in total. The van der Waals surface area contributed by atoms with Crippen LogP contribution in [-0.4, -0.2) is 42.4 Å². The number of piperazine rings is 1. The molecular formula is C16H22N4OS. The highest BCUT2D eigenvalue weighted by Gasteiger charge is 2.26. The van der Waals surface area contributed by atoms with Gasteiger partial charge in [-0.25, -0.2) is 0 Å². The second-order valence-electron chi connectivity index (χ2n) is 6.19. The van der Waals surface area contributed by atoms with E-state index in [-0.39, 0.29) is 4.75 Å². The zero-order chi connectivity index (χ0) is 16.0. The Balaban J connectivity index is 1.86. The van der Waals surface area contributed by atoms with E-state index in [1.165, 1.54) is 5.69 Å². The van der Waals surface area contributed by atoms with E-state index in [2.05, 4.69) is 46.4 Å². The first kappa shape index (κ1) is 16.8. The van der Waals surface area contributed by atoms with Crippen LogP contribution in [-0.2, 0) is 6.42 Å². The second-order valence-corrected chi connectivity index (χ2v) is 7.63. The molecule has 1 aromatic rings. The minimum atomic E-state index is -0.136. The van der Waals surface area contributed by atoms with E-state index in [9.17, 15) is 4.91 Å². The van der Waals surface area contributed by atoms with E-state index in [4.69, 9.17) is 5.26 Å². The van der Waals surface area contributed by atoms with Crippen molar-refractivity contribution in [3.8, 4) is 6.07 Å². The highest BCUT2D eigenvalue weighted by atomic mass is 32.2. The molecule has 1 saturated heterocycles. The van der Waals surface area contributed by atoms with Crippen LogP contribution in [0.3, 0.4) is 0 Å². The second kappa shape index (κ2) is 7.61. The quantitative estimate of drug-likeness (QED) is 0.596. The lowest BCUT2D eigenvalue weighted by Gasteiger charge is -2.38. The van der Waals surface area contributed by atoms with Crippen molar-refractivity contribution >= 4 is 17.6 Å². The summed E-state index contributed by atoms with van der Waals surface area (Å²) in [5, 5.41) is 8.70. The number of hydrogen-bond donors (Lipinski definition) is 0. The zero-order valence-electron chi connectivity index (χ0n) is 13.2. The third kappa shape index (κ3) is 4.72. The maximum absolute atomic E-state index is 10.4. The Morgan fingerprint density at radius 2 is 1.86 bits per heavy atom. The Labute approximate surface area is 136 Å². The molecule has 0 amide bonds. The highest BCUT2D eigenvalue weighted by Crippen LogP contribution is 2.27. The summed E-state index contributed by atoms with van der Waals surface area (Å²) in [6.45, 7) is 8.92. The summed E-state index contributed by atoms with van der Waals surface area (Å²) in [7, 11) is 0. The van der Waals surface area contributed by atoms with Crippen LogP contribution in [0.25, 0.3) is 0 Å². The average molecular weight is 318 g/mol. The van der Waals surface area contributed by atoms with Gasteiger partial charge in [0.2, 0.25) is 0 Å². The van der Waals surface area contributed by atoms with Gasteiger partial charge in [-0.15, -0.1) is 4.91 Å². The van der Waals surface area contributed by atoms with Crippen molar-refractivity contribution in [2.45, 2.75) is 25.0 Å². The van der Waals surface area contributed by atoms with Gasteiger partial charge in [-0.1, -0.05) is 12.1 Å². The molecule has 1 heterocycles. The fourth-order valence-corrected chi connectivity index (χ4v) is 3.19. The van der Waals surface area contributed by atoms with Crippen LogP contribution in [0.15, 0.2) is 28.8 Å². The normalized spacial score (nSPS) is 16.3. The first-order valence-electron chi connectivity index (χ1n) is 7.48. The lowest BCUT2D eigenvalue weighted by Crippen LogP contribution is -2.49. The van der Waals surface area contributed by atoms with Gasteiger partial charge < -0.3 is 4.90 Å². The third-order valence-corrected chi connectivity index (χ3v) is 4.54. The number of hydrogen-bond acceptors (Lipinski definition) is 6. The maximum Gasteiger partial charge on any atom is 0.0669 e. The van der Waals surface area contributed by atoms with Crippen molar-refractivity contribution in [3.05, 3.63) is 34.7 Å². The molecule has 6 heteroatoms. The smallest absolute Gasteiger partial charge is 0.0669 e. The van der Waals surface area contributed by atoms with Crippen LogP contribution >= 0.6 is 11.9 Å². The molecule has 22 heavy (non-hydrogen) atoms. The molecular weight excluding hydrogens is 296 g/mol. The number of nitriles is 1. The minimum absolute atomic E-state index is 0.136. The van der Waals surface area contributed by atoms with E-state index in [0.717, 1.165) is 50.2 Å². The van der Waals surface area contributed by atoms with Crippen LogP contribution in [0, 0.1) is 16.2 Å². The van der Waals surface area contributed by atoms with Crippen LogP contribution in [0.4, 0.5) is 5.69 Å². The lowest BCUT2D eigenvalue weighted by atomic mass is 10.1. The number of benzene rings is 1. The van der Waals surface area contributed by atoms with Gasteiger partial charge in [0.05, 0.1) is 12.5 Å². The molecule has 0 saturated carbocycles. The summed E-state index contributed by atoms with van der Waals surface area (Å²) in [6.07, 6.45) is 0.464. The van der Waals surface area contributed by atoms with Gasteiger partial charge in [-0.05, 0) is 31.5 Å². The first-order valence-corrected chi connectivity index (χ1v) is 8.25. The van der Waals surface area contributed by atoms with Crippen LogP contribution in [0.5, 0.6) is 0 Å². The van der Waals surface area contributed by atoms with E-state index in [1.54, 1.807) is 0 Å². The zero-order valence-corrected chi connectivity index (χ0v) is 14.0. The Morgan fingerprint density at radius 1 is 1.23 bits per heavy atom. The molecule has 1 aliphatic heterocycles. The molecule has 0 radical (unpaired) electrons. The molecule has 1 fully saturated rings. The summed E-state index contributed by atoms with van der Waals surface area (Å²) in [5.41, 5.74) is 2.27. The average Bonchev–Trinajstić information content (AvgIpc) is 2.49. The molecule has 0 aromatic heterocycles. The largest absolute Gasteiger partial charge is 0.369 e. The number of rotatable bonds is 6. The lowest BCUT2D eigenvalue weighted by molar-refractivity contribution is 0.241. The van der Waals surface area contributed by atoms with E-state index >= 15 is 0 Å². The van der Waals surface area contributed by atoms with Gasteiger partial charge >= 0.3 is 0 Å². The number of nitrogens with zero attached hydrogens (tertiary/aromatic N) is 4. The minimum Gasteiger partial charge on any atom is -0.369 e. The van der Waals surface area contributed by atoms with E-state index in [1.807, 2.05) is 12.1 Å². The predicted molar refractivity (Wildman–Crippen MR) is 91.9 cm³/mol. The summed E-state index contributed by atoms with van der Waals surface area (Å²) >= 11 is 1.12. The van der Waals surface area contributed by atoms with Crippen molar-refractivity contribution in [1.29, 1.82) is 5.26 Å². The summed E-state index contributed by atoms with van der Waals surface area (Å²) in [5.74, 6) is 0. The van der Waals surface area contributed by atoms with Gasteiger partial charge in [0.15, 0.2) is 0 Å². The Bertz CT molecular complexity index is 530. The molecule has 0 bridgehead atoms. The van der Waals surface area contributed by atoms with E-state index < -0.39 is 0 Å². The van der Waals surface area contributed by atoms with E-state index in [0.29, 0.717) is 6.42 Å². The molecule has 2 rings (SSSR count). The standard InChI is InChI=1S/C16H22N4OS/c1-16(2,22-18-21)13-19-9-11-20(12-10-19)15-5-3-14(4-6-15)7-8-17/h3-6H,7,9-13H2,1-2H3. The Kier molecular flexibility index (Phi) is 5.81. The topological polar surface area (TPSA) is 59.7 Å². The van der Waals surface area contributed by atoms with Crippen molar-refractivity contribution < 1.29 is 0 Å². The fourth-order valence-electron chi connectivity index (χ4n) is 2.75. The van der Waals surface area contributed by atoms with Gasteiger partial charge in [-0.3, -0.25) is 4.90 Å². The van der Waals surface area contributed by atoms with Crippen molar-refractivity contribution in [1.82, 2.24) is 4.90 Å². The molecule has 0 unspecified atom stereocenters. The highest BCUT2D eigenvalue weighted by molar-refractivity contribution is 7.99. The van der Waals surface area contributed by atoms with Gasteiger partial charge in [0.25, 0.3) is 0 Å².